The van der Waals surface area contributed by atoms with E-state index in [0.717, 1.165) is 0 Å². The maximum absolute atomic E-state index is 11.2. The highest BCUT2D eigenvalue weighted by Crippen LogP contribution is 2.31. The van der Waals surface area contributed by atoms with E-state index in [-0.39, 0.29) is 5.02 Å². The van der Waals surface area contributed by atoms with Gasteiger partial charge in [-0.1, -0.05) is 17.7 Å². The van der Waals surface area contributed by atoms with Gasteiger partial charge in [0, 0.05) is 18.0 Å². The van der Waals surface area contributed by atoms with Gasteiger partial charge >= 0.3 is 0 Å². The minimum Gasteiger partial charge on any atom is -0.366 e. The van der Waals surface area contributed by atoms with E-state index in [1.807, 2.05) is 0 Å². The molecule has 0 unspecified atom stereocenters. The Morgan fingerprint density at radius 2 is 2.19 bits per heavy atom. The van der Waals surface area contributed by atoms with Crippen LogP contribution in [0.15, 0.2) is 18.2 Å². The van der Waals surface area contributed by atoms with Crippen molar-refractivity contribution < 1.29 is 9.59 Å². The van der Waals surface area contributed by atoms with E-state index in [9.17, 15) is 9.59 Å². The van der Waals surface area contributed by atoms with Crippen molar-refractivity contribution in [2.45, 2.75) is 0 Å². The predicted molar refractivity (Wildman–Crippen MR) is 61.8 cm³/mol. The first-order chi connectivity index (χ1) is 7.57. The number of aldehydes is 1. The Labute approximate surface area is 96.6 Å². The second kappa shape index (κ2) is 3.64. The van der Waals surface area contributed by atoms with Crippen molar-refractivity contribution in [3.63, 3.8) is 0 Å². The number of primary amides is 1. The van der Waals surface area contributed by atoms with Crippen LogP contribution in [-0.2, 0) is 7.05 Å². The molecule has 2 rings (SSSR count). The first-order valence-corrected chi connectivity index (χ1v) is 4.97. The number of hydrogen-bond acceptors (Lipinski definition) is 2. The number of rotatable bonds is 2. The second-order valence-corrected chi connectivity index (χ2v) is 3.82. The molecule has 0 atom stereocenters. The van der Waals surface area contributed by atoms with E-state index in [1.54, 1.807) is 29.8 Å². The van der Waals surface area contributed by atoms with Crippen molar-refractivity contribution in [1.29, 1.82) is 0 Å². The number of nitrogens with two attached hydrogens (primary N) is 1. The fourth-order valence-electron chi connectivity index (χ4n) is 1.79. The minimum absolute atomic E-state index is 0.266. The molecule has 4 nitrogen and oxygen atoms in total. The molecule has 0 saturated carbocycles. The minimum atomic E-state index is -0.560. The van der Waals surface area contributed by atoms with Gasteiger partial charge in [0.1, 0.15) is 5.69 Å². The third-order valence-electron chi connectivity index (χ3n) is 2.59. The molecular weight excluding hydrogens is 228 g/mol. The van der Waals surface area contributed by atoms with E-state index in [1.165, 1.54) is 0 Å². The average Bonchev–Trinajstić information content (AvgIpc) is 2.51. The van der Waals surface area contributed by atoms with E-state index in [4.69, 9.17) is 17.3 Å². The summed E-state index contributed by atoms with van der Waals surface area (Å²) in [5, 5.41) is 0.795. The van der Waals surface area contributed by atoms with Crippen molar-refractivity contribution in [1.82, 2.24) is 4.57 Å². The second-order valence-electron chi connectivity index (χ2n) is 3.44. The molecule has 0 fully saturated rings. The fourth-order valence-corrected chi connectivity index (χ4v) is 2.16. The van der Waals surface area contributed by atoms with Gasteiger partial charge in [-0.2, -0.15) is 0 Å². The Kier molecular flexibility index (Phi) is 2.44. The molecule has 0 radical (unpaired) electrons. The summed E-state index contributed by atoms with van der Waals surface area (Å²) in [5.74, 6) is -0.560. The molecule has 2 N–H and O–H groups in total. The first kappa shape index (κ1) is 10.7. The molecule has 0 aliphatic heterocycles. The van der Waals surface area contributed by atoms with Crippen molar-refractivity contribution >= 4 is 34.7 Å². The van der Waals surface area contributed by atoms with Crippen LogP contribution in [0.4, 0.5) is 0 Å². The Bertz CT molecular complexity index is 602. The maximum Gasteiger partial charge on any atom is 0.249 e. The molecule has 16 heavy (non-hydrogen) atoms. The van der Waals surface area contributed by atoms with Crippen LogP contribution in [0.2, 0.25) is 5.02 Å². The summed E-state index contributed by atoms with van der Waals surface area (Å²) >= 11 is 6.05. The Morgan fingerprint density at radius 1 is 1.50 bits per heavy atom. The molecule has 0 bridgehead atoms. The Morgan fingerprint density at radius 3 is 2.75 bits per heavy atom. The van der Waals surface area contributed by atoms with Gasteiger partial charge in [-0.3, -0.25) is 9.59 Å². The molecule has 2 aromatic rings. The number of nitrogens with zero attached hydrogens (tertiary/aromatic N) is 1. The van der Waals surface area contributed by atoms with Crippen LogP contribution in [0.3, 0.4) is 0 Å². The van der Waals surface area contributed by atoms with Crippen LogP contribution in [0.5, 0.6) is 0 Å². The van der Waals surface area contributed by atoms with Crippen LogP contribution in [-0.4, -0.2) is 16.8 Å². The summed E-state index contributed by atoms with van der Waals surface area (Å²) < 4.78 is 1.64. The van der Waals surface area contributed by atoms with E-state index >= 15 is 0 Å². The highest BCUT2D eigenvalue weighted by Gasteiger charge is 2.17. The number of fused-ring (bicyclic) bond motifs is 1. The highest BCUT2D eigenvalue weighted by molar-refractivity contribution is 6.39. The molecule has 1 aromatic carbocycles. The molecule has 0 spiro atoms. The number of amides is 1. The van der Waals surface area contributed by atoms with Crippen LogP contribution in [0, 0.1) is 0 Å². The molecule has 82 valence electrons. The average molecular weight is 237 g/mol. The third kappa shape index (κ3) is 1.31. The van der Waals surface area contributed by atoms with Gasteiger partial charge in [-0.25, -0.2) is 0 Å². The SMILES string of the molecule is Cn1c(C=O)c(Cl)c2c(C(N)=O)cccc21. The largest absolute Gasteiger partial charge is 0.366 e. The lowest BCUT2D eigenvalue weighted by atomic mass is 10.1. The van der Waals surface area contributed by atoms with Crippen molar-refractivity contribution in [2.24, 2.45) is 12.8 Å². The quantitative estimate of drug-likeness (QED) is 0.808. The van der Waals surface area contributed by atoms with Crippen molar-refractivity contribution in [2.75, 3.05) is 0 Å². The standard InChI is InChI=1S/C11H9ClN2O2/c1-14-7-4-2-3-6(11(13)16)9(7)10(12)8(14)5-15/h2-5H,1H3,(H2,13,16). The molecule has 1 amide bonds. The van der Waals surface area contributed by atoms with Gasteiger partial charge < -0.3 is 10.3 Å². The van der Waals surface area contributed by atoms with Gasteiger partial charge in [0.25, 0.3) is 0 Å². The van der Waals surface area contributed by atoms with Gasteiger partial charge in [0.2, 0.25) is 5.91 Å². The van der Waals surface area contributed by atoms with Crippen LogP contribution < -0.4 is 5.73 Å². The normalized spacial score (nSPS) is 10.6. The van der Waals surface area contributed by atoms with Gasteiger partial charge in [-0.15, -0.1) is 0 Å². The van der Waals surface area contributed by atoms with Crippen molar-refractivity contribution in [3.8, 4) is 0 Å². The Hall–Kier alpha value is -1.81. The molecule has 5 heteroatoms. The van der Waals surface area contributed by atoms with Gasteiger partial charge in [-0.05, 0) is 12.1 Å². The molecule has 1 aromatic heterocycles. The predicted octanol–water partition coefficient (Wildman–Crippen LogP) is 1.74. The Balaban J connectivity index is 2.99. The number of benzene rings is 1. The van der Waals surface area contributed by atoms with Crippen LogP contribution in [0.1, 0.15) is 20.8 Å². The number of carbonyl (C=O) groups is 2. The monoisotopic (exact) mass is 236 g/mol. The summed E-state index contributed by atoms with van der Waals surface area (Å²) in [6.07, 6.45) is 0.660. The van der Waals surface area contributed by atoms with E-state index in [2.05, 4.69) is 0 Å². The number of halogens is 1. The zero-order valence-corrected chi connectivity index (χ0v) is 9.28. The number of aromatic nitrogens is 1. The molecule has 0 aliphatic rings. The van der Waals surface area contributed by atoms with Crippen molar-refractivity contribution in [3.05, 3.63) is 34.5 Å². The lowest BCUT2D eigenvalue weighted by Gasteiger charge is -1.99. The number of aryl methyl sites for hydroxylation is 1. The summed E-state index contributed by atoms with van der Waals surface area (Å²) in [6.45, 7) is 0. The smallest absolute Gasteiger partial charge is 0.249 e. The number of hydrogen-bond donors (Lipinski definition) is 1. The summed E-state index contributed by atoms with van der Waals surface area (Å²) in [5.41, 5.74) is 6.63. The third-order valence-corrected chi connectivity index (χ3v) is 2.97. The zero-order chi connectivity index (χ0) is 11.9. The first-order valence-electron chi connectivity index (χ1n) is 4.59. The lowest BCUT2D eigenvalue weighted by molar-refractivity contribution is 0.100. The van der Waals surface area contributed by atoms with Gasteiger partial charge in [0.15, 0.2) is 6.29 Å². The van der Waals surface area contributed by atoms with Crippen LogP contribution >= 0.6 is 11.6 Å². The maximum atomic E-state index is 11.2. The van der Waals surface area contributed by atoms with E-state index < -0.39 is 5.91 Å². The topological polar surface area (TPSA) is 65.1 Å². The molecule has 1 heterocycles. The van der Waals surface area contributed by atoms with Gasteiger partial charge in [0.05, 0.1) is 10.5 Å². The molecular formula is C11H9ClN2O2. The fraction of sp³-hybridized carbons (Fsp3) is 0.0909. The lowest BCUT2D eigenvalue weighted by Crippen LogP contribution is -2.11. The summed E-state index contributed by atoms with van der Waals surface area (Å²) in [7, 11) is 1.71. The summed E-state index contributed by atoms with van der Waals surface area (Å²) in [4.78, 5) is 22.1. The van der Waals surface area contributed by atoms with Crippen LogP contribution in [0.25, 0.3) is 10.9 Å². The molecule has 0 aliphatic carbocycles. The zero-order valence-electron chi connectivity index (χ0n) is 8.53. The number of carbonyl (C=O) groups excluding carboxylic acids is 2. The van der Waals surface area contributed by atoms with E-state index in [0.29, 0.717) is 28.4 Å². The molecule has 0 saturated heterocycles. The summed E-state index contributed by atoms with van der Waals surface area (Å²) in [6, 6.07) is 5.07. The highest BCUT2D eigenvalue weighted by atomic mass is 35.5.